The maximum Gasteiger partial charge on any atom is 0.414 e. The third-order valence-electron chi connectivity index (χ3n) is 10.2. The minimum Gasteiger partial charge on any atom is -0.496 e. The Kier molecular flexibility index (Phi) is 22.0. The van der Waals surface area contributed by atoms with Crippen LogP contribution >= 0.6 is 46.1 Å². The summed E-state index contributed by atoms with van der Waals surface area (Å²) in [4.78, 5) is 64.9. The van der Waals surface area contributed by atoms with Gasteiger partial charge >= 0.3 is 24.1 Å². The first kappa shape index (κ1) is 56.4. The second-order valence-corrected chi connectivity index (χ2v) is 17.6. The fourth-order valence-corrected chi connectivity index (χ4v) is 8.30. The van der Waals surface area contributed by atoms with Gasteiger partial charge in [0.2, 0.25) is 5.78 Å². The third kappa shape index (κ3) is 15.1. The van der Waals surface area contributed by atoms with E-state index in [4.69, 9.17) is 72.7 Å². The number of benzene rings is 4. The normalized spacial score (nSPS) is 11.0. The summed E-state index contributed by atoms with van der Waals surface area (Å²) in [5.74, 6) is 1.82. The van der Waals surface area contributed by atoms with Crippen LogP contribution < -0.4 is 28.7 Å². The van der Waals surface area contributed by atoms with E-state index in [2.05, 4.69) is 13.8 Å². The van der Waals surface area contributed by atoms with Gasteiger partial charge in [-0.25, -0.2) is 9.59 Å². The Morgan fingerprint density at radius 2 is 1.06 bits per heavy atom. The van der Waals surface area contributed by atoms with E-state index in [-0.39, 0.29) is 71.6 Å². The second-order valence-electron chi connectivity index (χ2n) is 15.0. The smallest absolute Gasteiger partial charge is 0.414 e. The third-order valence-corrected chi connectivity index (χ3v) is 12.0. The number of hydrogen-bond donors (Lipinski definition) is 0. The zero-order valence-electron chi connectivity index (χ0n) is 40.7. The highest BCUT2D eigenvalue weighted by Crippen LogP contribution is 2.42. The second kappa shape index (κ2) is 27.3. The summed E-state index contributed by atoms with van der Waals surface area (Å²) in [5.41, 5.74) is 3.73. The number of ether oxygens (including phenoxy) is 8. The number of halogens is 3. The number of anilines is 2. The molecule has 1 unspecified atom stereocenters. The molecule has 5 aromatic rings. The highest BCUT2D eigenvalue weighted by Gasteiger charge is 2.26. The lowest BCUT2D eigenvalue weighted by molar-refractivity contribution is -0.142. The molecule has 1 aromatic heterocycles. The van der Waals surface area contributed by atoms with E-state index in [1.54, 1.807) is 71.2 Å². The van der Waals surface area contributed by atoms with Crippen LogP contribution in [0.2, 0.25) is 14.4 Å². The van der Waals surface area contributed by atoms with Crippen LogP contribution in [0.5, 0.6) is 34.5 Å². The number of methoxy groups -OCH3 is 2. The lowest BCUT2D eigenvalue weighted by atomic mass is 9.97. The zero-order chi connectivity index (χ0) is 51.7. The van der Waals surface area contributed by atoms with Gasteiger partial charge in [-0.1, -0.05) is 48.7 Å². The number of carbonyl (C=O) groups is 5. The van der Waals surface area contributed by atoms with E-state index in [0.29, 0.717) is 38.1 Å². The standard InChI is InChI=1S/C26H35NO6.C25H22Cl3NO7S/c1-8-17(4)22-15-21(11-12-23(22)30-7)33-25-18(5)13-20(14-19(25)6)27(26(29)32-10-3)16-24(28)31-9-2;1-4-34-22(30)13-29(25(32)35-5-2)14-10-17(26)24(18(27)11-14)36-15-6-7-19(33-3)16(12-15)23(31)20-8-9-21(28)37-20/h11-15,17H,8-10,16H2,1-7H3;6-12H,4-5,13H2,1-3H3. The highest BCUT2D eigenvalue weighted by atomic mass is 35.5. The lowest BCUT2D eigenvalue weighted by Gasteiger charge is -2.23. The van der Waals surface area contributed by atoms with Crippen molar-refractivity contribution >= 4 is 87.4 Å². The quantitative estimate of drug-likeness (QED) is 0.0411. The van der Waals surface area contributed by atoms with Crippen LogP contribution in [0.4, 0.5) is 21.0 Å². The number of carbonyl (C=O) groups excluding carboxylic acids is 5. The molecule has 2 amide bonds. The van der Waals surface area contributed by atoms with E-state index in [9.17, 15) is 24.0 Å². The van der Waals surface area contributed by atoms with Crippen molar-refractivity contribution < 1.29 is 61.9 Å². The van der Waals surface area contributed by atoms with Gasteiger partial charge in [-0.05, 0) is 138 Å². The van der Waals surface area contributed by atoms with Crippen LogP contribution in [0.25, 0.3) is 0 Å². The number of hydrogen-bond acceptors (Lipinski definition) is 14. The van der Waals surface area contributed by atoms with E-state index in [1.165, 1.54) is 30.2 Å². The molecule has 1 heterocycles. The number of nitrogens with zero attached hydrogens (tertiary/aromatic N) is 2. The van der Waals surface area contributed by atoms with Crippen LogP contribution in [-0.2, 0) is 28.5 Å². The fraction of sp³-hybridized carbons (Fsp3) is 0.353. The molecule has 0 bridgehead atoms. The molecule has 0 saturated carbocycles. The van der Waals surface area contributed by atoms with Crippen molar-refractivity contribution in [1.82, 2.24) is 0 Å². The largest absolute Gasteiger partial charge is 0.496 e. The van der Waals surface area contributed by atoms with Gasteiger partial charge in [0.25, 0.3) is 0 Å². The highest BCUT2D eigenvalue weighted by molar-refractivity contribution is 7.18. The van der Waals surface area contributed by atoms with Gasteiger partial charge in [-0.3, -0.25) is 24.2 Å². The van der Waals surface area contributed by atoms with Crippen molar-refractivity contribution in [2.75, 3.05) is 63.5 Å². The topological polar surface area (TPSA) is 166 Å². The molecule has 5 rings (SSSR count). The SMILES string of the molecule is CCOC(=O)CN(C(=O)OCC)c1cc(C)c(Oc2ccc(OC)c(C(C)CC)c2)c(C)c1.CCOC(=O)CN(C(=O)OCC)c1cc(Cl)c(Oc2ccc(OC)c(C(=O)c3ccc(Cl)s3)c2)c(Cl)c1. The predicted molar refractivity (Wildman–Crippen MR) is 272 cm³/mol. The number of esters is 2. The first-order valence-electron chi connectivity index (χ1n) is 22.2. The lowest BCUT2D eigenvalue weighted by Crippen LogP contribution is -2.37. The van der Waals surface area contributed by atoms with E-state index >= 15 is 0 Å². The van der Waals surface area contributed by atoms with Crippen molar-refractivity contribution in [2.45, 2.75) is 67.7 Å². The summed E-state index contributed by atoms with van der Waals surface area (Å²) in [6.45, 7) is 14.9. The van der Waals surface area contributed by atoms with Gasteiger partial charge in [0, 0.05) is 11.3 Å². The zero-order valence-corrected chi connectivity index (χ0v) is 43.8. The summed E-state index contributed by atoms with van der Waals surface area (Å²) in [7, 11) is 3.12. The van der Waals surface area contributed by atoms with Crippen molar-refractivity contribution in [3.8, 4) is 34.5 Å². The Morgan fingerprint density at radius 3 is 1.51 bits per heavy atom. The minimum absolute atomic E-state index is 0.0504. The number of aryl methyl sites for hydroxylation is 2. The first-order chi connectivity index (χ1) is 33.4. The van der Waals surface area contributed by atoms with Gasteiger partial charge in [0.15, 0.2) is 5.75 Å². The molecular formula is C51H57Cl3N2O13S. The summed E-state index contributed by atoms with van der Waals surface area (Å²) in [6.07, 6.45) is -0.397. The average molecular weight is 1040 g/mol. The molecule has 19 heteroatoms. The molecule has 0 radical (unpaired) electrons. The Hall–Kier alpha value is -6.20. The molecule has 0 saturated heterocycles. The summed E-state index contributed by atoms with van der Waals surface area (Å²) in [6, 6.07) is 20.1. The summed E-state index contributed by atoms with van der Waals surface area (Å²) < 4.78 is 43.7. The van der Waals surface area contributed by atoms with Crippen molar-refractivity contribution in [3.63, 3.8) is 0 Å². The molecule has 0 spiro atoms. The Bertz CT molecular complexity index is 2590. The molecule has 1 atom stereocenters. The Labute approximate surface area is 427 Å². The molecule has 4 aromatic carbocycles. The van der Waals surface area contributed by atoms with E-state index in [1.807, 2.05) is 32.0 Å². The molecule has 0 aliphatic heterocycles. The fourth-order valence-electron chi connectivity index (χ4n) is 6.75. The van der Waals surface area contributed by atoms with Crippen LogP contribution in [0.1, 0.15) is 85.8 Å². The Balaban J connectivity index is 0.000000307. The first-order valence-corrected chi connectivity index (χ1v) is 24.2. The van der Waals surface area contributed by atoms with Crippen molar-refractivity contribution in [3.05, 3.63) is 114 Å². The van der Waals surface area contributed by atoms with Crippen LogP contribution in [0.15, 0.2) is 72.8 Å². The number of ketones is 1. The van der Waals surface area contributed by atoms with Crippen LogP contribution in [0, 0.1) is 13.8 Å². The monoisotopic (exact) mass is 1040 g/mol. The van der Waals surface area contributed by atoms with Gasteiger partial charge in [-0.15, -0.1) is 11.3 Å². The van der Waals surface area contributed by atoms with Crippen molar-refractivity contribution in [1.29, 1.82) is 0 Å². The molecule has 376 valence electrons. The molecule has 70 heavy (non-hydrogen) atoms. The average Bonchev–Trinajstić information content (AvgIpc) is 3.77. The molecular weight excluding hydrogens is 987 g/mol. The van der Waals surface area contributed by atoms with Gasteiger partial charge in [-0.2, -0.15) is 0 Å². The van der Waals surface area contributed by atoms with Gasteiger partial charge in [0.1, 0.15) is 41.8 Å². The molecule has 15 nitrogen and oxygen atoms in total. The minimum atomic E-state index is -0.775. The summed E-state index contributed by atoms with van der Waals surface area (Å²) >= 11 is 20.0. The summed E-state index contributed by atoms with van der Waals surface area (Å²) in [5, 5.41) is 0.101. The predicted octanol–water partition coefficient (Wildman–Crippen LogP) is 13.4. The molecule has 0 aliphatic rings. The molecule has 0 aliphatic carbocycles. The van der Waals surface area contributed by atoms with Crippen molar-refractivity contribution in [2.24, 2.45) is 0 Å². The Morgan fingerprint density at radius 1 is 0.586 bits per heavy atom. The number of rotatable bonds is 20. The van der Waals surface area contributed by atoms with Crippen LogP contribution in [-0.4, -0.2) is 83.6 Å². The number of amides is 2. The molecule has 0 N–H and O–H groups in total. The number of thiophene rings is 1. The maximum absolute atomic E-state index is 13.0. The van der Waals surface area contributed by atoms with E-state index in [0.717, 1.165) is 45.1 Å². The maximum atomic E-state index is 13.0. The van der Waals surface area contributed by atoms with Crippen LogP contribution in [0.3, 0.4) is 0 Å². The van der Waals surface area contributed by atoms with Gasteiger partial charge in [0.05, 0.1) is 71.2 Å². The van der Waals surface area contributed by atoms with Gasteiger partial charge < -0.3 is 37.9 Å². The molecule has 0 fully saturated rings. The van der Waals surface area contributed by atoms with E-state index < -0.39 is 30.7 Å².